The second-order valence-electron chi connectivity index (χ2n) is 8.18. The molecule has 0 heterocycles. The Kier molecular flexibility index (Phi) is 4.00. The minimum absolute atomic E-state index is 0.281. The van der Waals surface area contributed by atoms with E-state index in [0.717, 1.165) is 53.9 Å². The van der Waals surface area contributed by atoms with Crippen LogP contribution in [0, 0.1) is 45.3 Å². The van der Waals surface area contributed by atoms with Gasteiger partial charge in [-0.05, 0) is 78.1 Å². The van der Waals surface area contributed by atoms with Gasteiger partial charge in [-0.15, -0.1) is 0 Å². The van der Waals surface area contributed by atoms with Gasteiger partial charge in [0, 0.05) is 0 Å². The Balaban J connectivity index is 2.09. The number of nitrogens with zero attached hydrogens (tertiary/aromatic N) is 4. The molecule has 6 rings (SSSR count). The summed E-state index contributed by atoms with van der Waals surface area (Å²) in [5.74, 6) is 0. The summed E-state index contributed by atoms with van der Waals surface area (Å²) in [6, 6.07) is 31.9. The lowest BCUT2D eigenvalue weighted by molar-refractivity contribution is 1.44. The van der Waals surface area contributed by atoms with Gasteiger partial charge in [-0.1, -0.05) is 48.5 Å². The summed E-state index contributed by atoms with van der Waals surface area (Å²) < 4.78 is 0. The number of fused-ring (bicyclic) bond motifs is 11. The third-order valence-corrected chi connectivity index (χ3v) is 6.56. The molecule has 0 fully saturated rings. The molecule has 0 saturated carbocycles. The van der Waals surface area contributed by atoms with Crippen LogP contribution in [0.5, 0.6) is 0 Å². The van der Waals surface area contributed by atoms with Crippen molar-refractivity contribution < 1.29 is 0 Å². The number of nitriles is 4. The van der Waals surface area contributed by atoms with Crippen LogP contribution in [0.3, 0.4) is 0 Å². The molecule has 34 heavy (non-hydrogen) atoms. The van der Waals surface area contributed by atoms with Crippen molar-refractivity contribution in [2.75, 3.05) is 0 Å². The summed E-state index contributed by atoms with van der Waals surface area (Å²) in [5, 5.41) is 48.3. The fourth-order valence-electron chi connectivity index (χ4n) is 5.13. The van der Waals surface area contributed by atoms with Crippen LogP contribution < -0.4 is 0 Å². The molecule has 0 saturated heterocycles. The highest BCUT2D eigenvalue weighted by Gasteiger charge is 2.19. The molecule has 0 radical (unpaired) electrons. The van der Waals surface area contributed by atoms with Crippen LogP contribution in [0.2, 0.25) is 0 Å². The first-order valence-corrected chi connectivity index (χ1v) is 10.6. The third kappa shape index (κ3) is 2.43. The summed E-state index contributed by atoms with van der Waals surface area (Å²) in [4.78, 5) is 0. The molecule has 0 aliphatic heterocycles. The lowest BCUT2D eigenvalue weighted by Gasteiger charge is -2.17. The van der Waals surface area contributed by atoms with Gasteiger partial charge in [-0.25, -0.2) is 0 Å². The summed E-state index contributed by atoms with van der Waals surface area (Å²) in [6.07, 6.45) is 0. The average molecular weight is 428 g/mol. The van der Waals surface area contributed by atoms with Crippen molar-refractivity contribution in [2.24, 2.45) is 0 Å². The molecular weight excluding hydrogens is 416 g/mol. The SMILES string of the molecule is N#Cc1cc2c3cc(C#N)c(C#N)cc3c3c4ccccc4c4ccccc4c3c2cc1C#N. The van der Waals surface area contributed by atoms with Crippen LogP contribution in [-0.4, -0.2) is 0 Å². The van der Waals surface area contributed by atoms with Crippen LogP contribution in [0.25, 0.3) is 53.9 Å². The molecule has 0 atom stereocenters. The second kappa shape index (κ2) is 7.05. The molecule has 0 spiro atoms. The lowest BCUT2D eigenvalue weighted by atomic mass is 9.85. The van der Waals surface area contributed by atoms with E-state index in [1.54, 1.807) is 24.3 Å². The summed E-state index contributed by atoms with van der Waals surface area (Å²) in [7, 11) is 0. The Bertz CT molecular complexity index is 1910. The van der Waals surface area contributed by atoms with Gasteiger partial charge in [0.25, 0.3) is 0 Å². The Morgan fingerprint density at radius 2 is 0.647 bits per heavy atom. The first kappa shape index (κ1) is 19.3. The predicted octanol–water partition coefficient (Wildman–Crippen LogP) is 6.94. The molecule has 6 aromatic rings. The van der Waals surface area contributed by atoms with Crippen LogP contribution in [-0.2, 0) is 0 Å². The number of benzene rings is 6. The van der Waals surface area contributed by atoms with E-state index < -0.39 is 0 Å². The van der Waals surface area contributed by atoms with Crippen LogP contribution in [0.4, 0.5) is 0 Å². The summed E-state index contributed by atoms with van der Waals surface area (Å²) >= 11 is 0. The van der Waals surface area contributed by atoms with Gasteiger partial charge in [0.1, 0.15) is 24.3 Å². The zero-order valence-corrected chi connectivity index (χ0v) is 17.7. The molecule has 0 N–H and O–H groups in total. The van der Waals surface area contributed by atoms with Crippen molar-refractivity contribution in [3.8, 4) is 24.3 Å². The molecule has 0 bridgehead atoms. The molecule has 4 heteroatoms. The van der Waals surface area contributed by atoms with Crippen molar-refractivity contribution in [1.29, 1.82) is 21.0 Å². The number of hydrogen-bond donors (Lipinski definition) is 0. The van der Waals surface area contributed by atoms with Gasteiger partial charge in [-0.2, -0.15) is 21.0 Å². The standard InChI is InChI=1S/C30H12N4/c31-13-17-9-25-26-10-18(14-32)20(16-34)12-28(26)30-24-8-4-2-6-22(24)21-5-1-3-7-23(21)29(30)27(25)11-19(17)15-33/h1-12H. The van der Waals surface area contributed by atoms with E-state index in [1.165, 1.54) is 0 Å². The van der Waals surface area contributed by atoms with Crippen molar-refractivity contribution in [2.45, 2.75) is 0 Å². The Labute approximate surface area is 194 Å². The maximum Gasteiger partial charge on any atom is 0.101 e. The lowest BCUT2D eigenvalue weighted by Crippen LogP contribution is -1.93. The van der Waals surface area contributed by atoms with Crippen molar-refractivity contribution in [3.05, 3.63) is 95.1 Å². The molecule has 4 nitrogen and oxygen atoms in total. The van der Waals surface area contributed by atoms with Crippen molar-refractivity contribution in [1.82, 2.24) is 0 Å². The fourth-order valence-corrected chi connectivity index (χ4v) is 5.13. The fraction of sp³-hybridized carbons (Fsp3) is 0. The summed E-state index contributed by atoms with van der Waals surface area (Å²) in [6.45, 7) is 0. The monoisotopic (exact) mass is 428 g/mol. The van der Waals surface area contributed by atoms with E-state index in [-0.39, 0.29) is 11.1 Å². The van der Waals surface area contributed by atoms with E-state index in [2.05, 4.69) is 48.5 Å². The molecule has 0 amide bonds. The average Bonchev–Trinajstić information content (AvgIpc) is 2.91. The topological polar surface area (TPSA) is 95.2 Å². The predicted molar refractivity (Wildman–Crippen MR) is 133 cm³/mol. The van der Waals surface area contributed by atoms with E-state index in [0.29, 0.717) is 11.1 Å². The minimum Gasteiger partial charge on any atom is -0.192 e. The van der Waals surface area contributed by atoms with Gasteiger partial charge < -0.3 is 0 Å². The smallest absolute Gasteiger partial charge is 0.101 e. The van der Waals surface area contributed by atoms with Crippen LogP contribution >= 0.6 is 0 Å². The van der Waals surface area contributed by atoms with Gasteiger partial charge >= 0.3 is 0 Å². The second-order valence-corrected chi connectivity index (χ2v) is 8.18. The maximum absolute atomic E-state index is 9.75. The molecule has 152 valence electrons. The van der Waals surface area contributed by atoms with Crippen molar-refractivity contribution >= 4 is 53.9 Å². The molecular formula is C30H12N4. The Morgan fingerprint density at radius 1 is 0.353 bits per heavy atom. The maximum atomic E-state index is 9.75. The number of hydrogen-bond acceptors (Lipinski definition) is 4. The number of rotatable bonds is 0. The highest BCUT2D eigenvalue weighted by Crippen LogP contribution is 2.44. The highest BCUT2D eigenvalue weighted by molar-refractivity contribution is 6.39. The zero-order chi connectivity index (χ0) is 23.4. The first-order valence-electron chi connectivity index (χ1n) is 10.6. The van der Waals surface area contributed by atoms with E-state index in [1.807, 2.05) is 24.3 Å². The van der Waals surface area contributed by atoms with Gasteiger partial charge in [0.15, 0.2) is 0 Å². The molecule has 0 aromatic heterocycles. The highest BCUT2D eigenvalue weighted by atomic mass is 14.3. The quantitative estimate of drug-likeness (QED) is 0.245. The molecule has 0 aliphatic carbocycles. The van der Waals surface area contributed by atoms with Crippen molar-refractivity contribution in [3.63, 3.8) is 0 Å². The Morgan fingerprint density at radius 3 is 0.971 bits per heavy atom. The Hall–Kier alpha value is -5.42. The molecule has 0 unspecified atom stereocenters. The van der Waals surface area contributed by atoms with Gasteiger partial charge in [0.05, 0.1) is 22.3 Å². The van der Waals surface area contributed by atoms with E-state index in [4.69, 9.17) is 0 Å². The normalized spacial score (nSPS) is 10.8. The van der Waals surface area contributed by atoms with Crippen LogP contribution in [0.15, 0.2) is 72.8 Å². The van der Waals surface area contributed by atoms with Gasteiger partial charge in [-0.3, -0.25) is 0 Å². The largest absolute Gasteiger partial charge is 0.192 e. The molecule has 6 aromatic carbocycles. The van der Waals surface area contributed by atoms with Crippen LogP contribution in [0.1, 0.15) is 22.3 Å². The van der Waals surface area contributed by atoms with Gasteiger partial charge in [0.2, 0.25) is 0 Å². The minimum atomic E-state index is 0.281. The first-order chi connectivity index (χ1) is 16.7. The van der Waals surface area contributed by atoms with E-state index in [9.17, 15) is 21.0 Å². The summed E-state index contributed by atoms with van der Waals surface area (Å²) in [5.41, 5.74) is 1.18. The third-order valence-electron chi connectivity index (χ3n) is 6.56. The van der Waals surface area contributed by atoms with E-state index >= 15 is 0 Å². The zero-order valence-electron chi connectivity index (χ0n) is 17.7. The molecule has 0 aliphatic rings.